The highest BCUT2D eigenvalue weighted by Gasteiger charge is 2.44. The summed E-state index contributed by atoms with van der Waals surface area (Å²) < 4.78 is 5.61. The van der Waals surface area contributed by atoms with Gasteiger partial charge >= 0.3 is 6.09 Å². The maximum atomic E-state index is 13.0. The molecule has 7 nitrogen and oxygen atoms in total. The van der Waals surface area contributed by atoms with Crippen LogP contribution in [-0.2, 0) is 4.74 Å². The molecule has 130 valence electrons. The highest BCUT2D eigenvalue weighted by atomic mass is 16.6. The summed E-state index contributed by atoms with van der Waals surface area (Å²) in [4.78, 5) is 36.8. The third kappa shape index (κ3) is 2.79. The largest absolute Gasteiger partial charge is 0.441 e. The van der Waals surface area contributed by atoms with Crippen molar-refractivity contribution in [1.29, 1.82) is 0 Å². The number of hydrogen-bond acceptors (Lipinski definition) is 5. The topological polar surface area (TPSA) is 75.6 Å². The summed E-state index contributed by atoms with van der Waals surface area (Å²) in [6, 6.07) is 5.48. The molecule has 25 heavy (non-hydrogen) atoms. The number of amides is 2. The molecule has 1 atom stereocenters. The average molecular weight is 340 g/mol. The summed E-state index contributed by atoms with van der Waals surface area (Å²) in [6.07, 6.45) is 5.20. The summed E-state index contributed by atoms with van der Waals surface area (Å²) in [5.41, 5.74) is 1.45. The van der Waals surface area contributed by atoms with Gasteiger partial charge in [0.1, 0.15) is 11.1 Å². The van der Waals surface area contributed by atoms with Gasteiger partial charge in [0.15, 0.2) is 0 Å². The van der Waals surface area contributed by atoms with E-state index in [1.807, 2.05) is 17.0 Å². The normalized spacial score (nSPS) is 23.8. The molecule has 0 bridgehead atoms. The number of carbonyl (C=O) groups is 2. The molecule has 2 amide bonds. The maximum absolute atomic E-state index is 13.0. The molecule has 2 aliphatic rings. The van der Waals surface area contributed by atoms with Gasteiger partial charge in [-0.15, -0.1) is 0 Å². The molecule has 2 fully saturated rings. The van der Waals surface area contributed by atoms with E-state index in [0.29, 0.717) is 42.7 Å². The molecule has 0 saturated carbocycles. The van der Waals surface area contributed by atoms with Crippen LogP contribution in [0.5, 0.6) is 0 Å². The lowest BCUT2D eigenvalue weighted by atomic mass is 9.95. The maximum Gasteiger partial charge on any atom is 0.410 e. The molecule has 0 radical (unpaired) electrons. The van der Waals surface area contributed by atoms with Gasteiger partial charge in [-0.3, -0.25) is 14.8 Å². The van der Waals surface area contributed by atoms with Crippen LogP contribution in [0.2, 0.25) is 0 Å². The average Bonchev–Trinajstić information content (AvgIpc) is 2.79. The molecule has 2 saturated heterocycles. The summed E-state index contributed by atoms with van der Waals surface area (Å²) in [5, 5.41) is 0. The molecule has 1 aromatic carbocycles. The van der Waals surface area contributed by atoms with Gasteiger partial charge in [-0.1, -0.05) is 6.07 Å². The third-order valence-corrected chi connectivity index (χ3v) is 5.05. The van der Waals surface area contributed by atoms with E-state index in [2.05, 4.69) is 9.97 Å². The molecule has 3 heterocycles. The molecular formula is C18H20N4O3. The van der Waals surface area contributed by atoms with Crippen molar-refractivity contribution in [1.82, 2.24) is 19.8 Å². The van der Waals surface area contributed by atoms with Crippen LogP contribution in [0.4, 0.5) is 4.79 Å². The van der Waals surface area contributed by atoms with Gasteiger partial charge in [0, 0.05) is 39.0 Å². The lowest BCUT2D eigenvalue weighted by Gasteiger charge is -2.25. The summed E-state index contributed by atoms with van der Waals surface area (Å²) in [7, 11) is 1.75. The van der Waals surface area contributed by atoms with Crippen molar-refractivity contribution in [2.75, 3.05) is 26.7 Å². The second-order valence-electron chi connectivity index (χ2n) is 6.78. The Morgan fingerprint density at radius 2 is 2.04 bits per heavy atom. The minimum Gasteiger partial charge on any atom is -0.441 e. The number of carbonyl (C=O) groups excluding carboxylic acids is 2. The number of hydrogen-bond donors (Lipinski definition) is 0. The molecule has 1 unspecified atom stereocenters. The van der Waals surface area contributed by atoms with E-state index in [4.69, 9.17) is 4.74 Å². The minimum atomic E-state index is -0.459. The number of aromatic nitrogens is 2. The molecule has 4 rings (SSSR count). The Bertz CT molecular complexity index is 835. The van der Waals surface area contributed by atoms with Crippen molar-refractivity contribution in [3.8, 4) is 0 Å². The van der Waals surface area contributed by atoms with Crippen molar-refractivity contribution in [3.63, 3.8) is 0 Å². The quantitative estimate of drug-likeness (QED) is 0.794. The Kier molecular flexibility index (Phi) is 3.78. The van der Waals surface area contributed by atoms with E-state index < -0.39 is 5.60 Å². The number of likely N-dealkylation sites (N-methyl/N-ethyl adjacent to an activating group) is 1. The number of likely N-dealkylation sites (tertiary alicyclic amines) is 1. The van der Waals surface area contributed by atoms with Gasteiger partial charge in [-0.25, -0.2) is 4.79 Å². The molecular weight excluding hydrogens is 320 g/mol. The smallest absolute Gasteiger partial charge is 0.410 e. The number of nitrogens with zero attached hydrogens (tertiary/aromatic N) is 4. The van der Waals surface area contributed by atoms with Gasteiger partial charge in [-0.2, -0.15) is 0 Å². The molecule has 0 aliphatic carbocycles. The summed E-state index contributed by atoms with van der Waals surface area (Å²) in [6.45, 7) is 1.81. The molecule has 1 spiro atoms. The molecule has 1 aromatic heterocycles. The Morgan fingerprint density at radius 1 is 1.20 bits per heavy atom. The van der Waals surface area contributed by atoms with Crippen LogP contribution < -0.4 is 0 Å². The lowest BCUT2D eigenvalue weighted by molar-refractivity contribution is 0.0439. The molecule has 2 aliphatic heterocycles. The second kappa shape index (κ2) is 5.98. The number of fused-ring (bicyclic) bond motifs is 1. The van der Waals surface area contributed by atoms with Crippen LogP contribution in [0.25, 0.3) is 11.0 Å². The zero-order chi connectivity index (χ0) is 17.4. The zero-order valence-electron chi connectivity index (χ0n) is 14.1. The van der Waals surface area contributed by atoms with Crippen LogP contribution in [0.15, 0.2) is 30.6 Å². The van der Waals surface area contributed by atoms with Crippen molar-refractivity contribution in [3.05, 3.63) is 36.2 Å². The van der Waals surface area contributed by atoms with Crippen molar-refractivity contribution in [2.45, 2.75) is 24.9 Å². The first-order valence-corrected chi connectivity index (χ1v) is 8.51. The van der Waals surface area contributed by atoms with E-state index in [9.17, 15) is 9.59 Å². The van der Waals surface area contributed by atoms with E-state index in [-0.39, 0.29) is 12.0 Å². The summed E-state index contributed by atoms with van der Waals surface area (Å²) >= 11 is 0. The Labute approximate surface area is 145 Å². The first kappa shape index (κ1) is 15.8. The van der Waals surface area contributed by atoms with Gasteiger partial charge < -0.3 is 14.5 Å². The van der Waals surface area contributed by atoms with Crippen molar-refractivity contribution >= 4 is 23.0 Å². The Morgan fingerprint density at radius 3 is 2.84 bits per heavy atom. The Hall–Kier alpha value is -2.70. The predicted molar refractivity (Wildman–Crippen MR) is 91.1 cm³/mol. The minimum absolute atomic E-state index is 0.0409. The van der Waals surface area contributed by atoms with Gasteiger partial charge in [0.2, 0.25) is 0 Å². The van der Waals surface area contributed by atoms with Gasteiger partial charge in [0.05, 0.1) is 17.6 Å². The third-order valence-electron chi connectivity index (χ3n) is 5.05. The fraction of sp³-hybridized carbons (Fsp3) is 0.444. The lowest BCUT2D eigenvalue weighted by Crippen LogP contribution is -2.37. The first-order chi connectivity index (χ1) is 12.1. The number of para-hydroxylation sites is 1. The number of rotatable bonds is 1. The van der Waals surface area contributed by atoms with Crippen LogP contribution in [0, 0.1) is 0 Å². The standard InChI is InChI=1S/C18H20N4O3/c1-21-12-18(25-17(21)24)6-3-10-22(11-7-18)16(23)13-4-2-5-14-15(13)20-9-8-19-14/h2,4-5,8-9H,3,6-7,10-12H2,1H3. The number of benzene rings is 1. The zero-order valence-corrected chi connectivity index (χ0v) is 14.1. The van der Waals surface area contributed by atoms with E-state index >= 15 is 0 Å². The monoisotopic (exact) mass is 340 g/mol. The SMILES string of the molecule is CN1CC2(CCCN(C(=O)c3cccc4nccnc34)CC2)OC1=O. The summed E-state index contributed by atoms with van der Waals surface area (Å²) in [5.74, 6) is -0.0409. The fourth-order valence-corrected chi connectivity index (χ4v) is 3.76. The molecule has 0 N–H and O–H groups in total. The van der Waals surface area contributed by atoms with Crippen LogP contribution >= 0.6 is 0 Å². The first-order valence-electron chi connectivity index (χ1n) is 8.51. The van der Waals surface area contributed by atoms with E-state index in [1.165, 1.54) is 0 Å². The van der Waals surface area contributed by atoms with E-state index in [0.717, 1.165) is 12.8 Å². The van der Waals surface area contributed by atoms with Crippen LogP contribution in [0.1, 0.15) is 29.6 Å². The Balaban J connectivity index is 1.56. The van der Waals surface area contributed by atoms with Crippen molar-refractivity contribution < 1.29 is 14.3 Å². The second-order valence-corrected chi connectivity index (χ2v) is 6.78. The fourth-order valence-electron chi connectivity index (χ4n) is 3.76. The predicted octanol–water partition coefficient (Wildman–Crippen LogP) is 2.08. The van der Waals surface area contributed by atoms with Gasteiger partial charge in [-0.05, 0) is 25.0 Å². The highest BCUT2D eigenvalue weighted by molar-refractivity contribution is 6.04. The van der Waals surface area contributed by atoms with Gasteiger partial charge in [0.25, 0.3) is 5.91 Å². The van der Waals surface area contributed by atoms with Crippen LogP contribution in [0.3, 0.4) is 0 Å². The molecule has 2 aromatic rings. The number of ether oxygens (including phenoxy) is 1. The van der Waals surface area contributed by atoms with Crippen molar-refractivity contribution in [2.24, 2.45) is 0 Å². The molecule has 7 heteroatoms. The van der Waals surface area contributed by atoms with E-state index in [1.54, 1.807) is 30.4 Å². The van der Waals surface area contributed by atoms with Crippen LogP contribution in [-0.4, -0.2) is 64.1 Å². The highest BCUT2D eigenvalue weighted by Crippen LogP contribution is 2.33.